The van der Waals surface area contributed by atoms with Crippen LogP contribution in [0.4, 0.5) is 0 Å². The number of nitrogens with one attached hydrogen (secondary N) is 1. The molecule has 0 aliphatic carbocycles. The van der Waals surface area contributed by atoms with Gasteiger partial charge in [-0.1, -0.05) is 42.5 Å². The van der Waals surface area contributed by atoms with Crippen molar-refractivity contribution in [1.82, 2.24) is 14.9 Å². The van der Waals surface area contributed by atoms with Gasteiger partial charge in [0.2, 0.25) is 0 Å². The molecule has 3 aromatic rings. The molecule has 2 heterocycles. The summed E-state index contributed by atoms with van der Waals surface area (Å²) >= 11 is 0. The number of para-hydroxylation sites is 2. The molecular formula is C17H18Cl2N4. The predicted molar refractivity (Wildman–Crippen MR) is 100.0 cm³/mol. The number of nitrogens with zero attached hydrogens (tertiary/aromatic N) is 3. The van der Waals surface area contributed by atoms with Crippen LogP contribution in [0.15, 0.2) is 59.6 Å². The first-order chi connectivity index (χ1) is 10.4. The molecule has 120 valence electrons. The highest BCUT2D eigenvalue weighted by Gasteiger charge is 2.15. The van der Waals surface area contributed by atoms with Gasteiger partial charge in [0.1, 0.15) is 11.7 Å². The van der Waals surface area contributed by atoms with E-state index in [-0.39, 0.29) is 24.8 Å². The van der Waals surface area contributed by atoms with Crippen LogP contribution in [0.3, 0.4) is 0 Å². The molecule has 0 bridgehead atoms. The molecule has 1 N–H and O–H groups in total. The average Bonchev–Trinajstić information content (AvgIpc) is 3.17. The normalized spacial score (nSPS) is 13.0. The number of hydrogen-bond donors (Lipinski definition) is 1. The first kappa shape index (κ1) is 17.3. The third-order valence-electron chi connectivity index (χ3n) is 3.74. The van der Waals surface area contributed by atoms with Crippen LogP contribution in [-0.2, 0) is 6.54 Å². The Labute approximate surface area is 147 Å². The second-order valence-electron chi connectivity index (χ2n) is 5.13. The molecule has 0 radical (unpaired) electrons. The van der Waals surface area contributed by atoms with Crippen LogP contribution >= 0.6 is 24.8 Å². The summed E-state index contributed by atoms with van der Waals surface area (Å²) in [6.45, 7) is 2.54. The van der Waals surface area contributed by atoms with Crippen LogP contribution in [0.2, 0.25) is 0 Å². The minimum absolute atomic E-state index is 0. The average molecular weight is 349 g/mol. The summed E-state index contributed by atoms with van der Waals surface area (Å²) in [5, 5.41) is 3.34. The third kappa shape index (κ3) is 3.33. The number of hydrogen-bond acceptors (Lipinski definition) is 3. The monoisotopic (exact) mass is 348 g/mol. The lowest BCUT2D eigenvalue weighted by molar-refractivity contribution is 0.860. The largest absolute Gasteiger partial charge is 0.370 e. The summed E-state index contributed by atoms with van der Waals surface area (Å²) < 4.78 is 2.24. The molecule has 0 saturated carbocycles. The van der Waals surface area contributed by atoms with Crippen molar-refractivity contribution in [2.45, 2.75) is 6.54 Å². The summed E-state index contributed by atoms with van der Waals surface area (Å²) in [4.78, 5) is 9.31. The fraction of sp³-hybridized carbons (Fsp3) is 0.176. The minimum Gasteiger partial charge on any atom is -0.370 e. The molecule has 0 fully saturated rings. The predicted octanol–water partition coefficient (Wildman–Crippen LogP) is 3.55. The van der Waals surface area contributed by atoms with Gasteiger partial charge in [-0.05, 0) is 12.1 Å². The quantitative estimate of drug-likeness (QED) is 0.786. The SMILES string of the molecule is Cl.Cl.c1ccc(-c2nc3ccccc3n2CC2=NCCN2)cc1. The molecule has 0 spiro atoms. The Bertz CT molecular complexity index is 812. The summed E-state index contributed by atoms with van der Waals surface area (Å²) in [7, 11) is 0. The zero-order valence-corrected chi connectivity index (χ0v) is 14.1. The maximum atomic E-state index is 4.81. The van der Waals surface area contributed by atoms with Gasteiger partial charge in [0, 0.05) is 12.1 Å². The Morgan fingerprint density at radius 3 is 2.43 bits per heavy atom. The lowest BCUT2D eigenvalue weighted by Gasteiger charge is -2.09. The van der Waals surface area contributed by atoms with Crippen LogP contribution in [0.25, 0.3) is 22.4 Å². The van der Waals surface area contributed by atoms with E-state index in [1.807, 2.05) is 24.3 Å². The summed E-state index contributed by atoms with van der Waals surface area (Å²) in [5.74, 6) is 2.03. The first-order valence-corrected chi connectivity index (χ1v) is 7.20. The van der Waals surface area contributed by atoms with E-state index in [4.69, 9.17) is 4.98 Å². The second-order valence-corrected chi connectivity index (χ2v) is 5.13. The van der Waals surface area contributed by atoms with Crippen LogP contribution in [-0.4, -0.2) is 28.5 Å². The van der Waals surface area contributed by atoms with E-state index >= 15 is 0 Å². The van der Waals surface area contributed by atoms with Crippen molar-refractivity contribution in [2.75, 3.05) is 13.1 Å². The van der Waals surface area contributed by atoms with E-state index in [1.54, 1.807) is 0 Å². The molecule has 0 atom stereocenters. The summed E-state index contributed by atoms with van der Waals surface area (Å²) in [6.07, 6.45) is 0. The zero-order valence-electron chi connectivity index (χ0n) is 12.5. The molecule has 23 heavy (non-hydrogen) atoms. The molecule has 4 rings (SSSR count). The van der Waals surface area contributed by atoms with Gasteiger partial charge in [0.25, 0.3) is 0 Å². The lowest BCUT2D eigenvalue weighted by atomic mass is 10.2. The summed E-state index contributed by atoms with van der Waals surface area (Å²) in [6, 6.07) is 18.6. The standard InChI is InChI=1S/C17H16N4.2ClH/c1-2-6-13(7-3-1)17-20-14-8-4-5-9-15(14)21(17)12-16-18-10-11-19-16;;/h1-9H,10-12H2,(H,18,19);2*1H. The van der Waals surface area contributed by atoms with Gasteiger partial charge in [0.15, 0.2) is 0 Å². The molecule has 2 aromatic carbocycles. The maximum absolute atomic E-state index is 4.81. The van der Waals surface area contributed by atoms with Crippen LogP contribution in [0.5, 0.6) is 0 Å². The third-order valence-corrected chi connectivity index (χ3v) is 3.74. The Hall–Kier alpha value is -2.04. The highest BCUT2D eigenvalue weighted by molar-refractivity contribution is 5.87. The van der Waals surface area contributed by atoms with Gasteiger partial charge in [0.05, 0.1) is 24.1 Å². The maximum Gasteiger partial charge on any atom is 0.141 e. The number of amidine groups is 1. The van der Waals surface area contributed by atoms with E-state index in [0.717, 1.165) is 47.9 Å². The van der Waals surface area contributed by atoms with Gasteiger partial charge in [-0.25, -0.2) is 4.98 Å². The van der Waals surface area contributed by atoms with E-state index in [2.05, 4.69) is 45.2 Å². The van der Waals surface area contributed by atoms with Gasteiger partial charge in [-0.3, -0.25) is 4.99 Å². The van der Waals surface area contributed by atoms with E-state index in [9.17, 15) is 0 Å². The van der Waals surface area contributed by atoms with Gasteiger partial charge in [-0.2, -0.15) is 0 Å². The van der Waals surface area contributed by atoms with Gasteiger partial charge >= 0.3 is 0 Å². The second kappa shape index (κ2) is 7.49. The van der Waals surface area contributed by atoms with Crippen LogP contribution < -0.4 is 5.32 Å². The Morgan fingerprint density at radius 1 is 0.957 bits per heavy atom. The highest BCUT2D eigenvalue weighted by atomic mass is 35.5. The summed E-state index contributed by atoms with van der Waals surface area (Å²) in [5.41, 5.74) is 3.30. The van der Waals surface area contributed by atoms with Gasteiger partial charge in [-0.15, -0.1) is 24.8 Å². The highest BCUT2D eigenvalue weighted by Crippen LogP contribution is 2.24. The molecule has 0 saturated heterocycles. The lowest BCUT2D eigenvalue weighted by Crippen LogP contribution is -2.23. The van der Waals surface area contributed by atoms with Crippen molar-refractivity contribution >= 4 is 41.7 Å². The van der Waals surface area contributed by atoms with Crippen molar-refractivity contribution in [3.63, 3.8) is 0 Å². The molecule has 0 unspecified atom stereocenters. The van der Waals surface area contributed by atoms with Crippen LogP contribution in [0, 0.1) is 0 Å². The number of imidazole rings is 1. The molecule has 1 aromatic heterocycles. The molecule has 1 aliphatic rings. The fourth-order valence-electron chi connectivity index (χ4n) is 2.75. The number of halogens is 2. The van der Waals surface area contributed by atoms with Crippen molar-refractivity contribution in [2.24, 2.45) is 4.99 Å². The number of fused-ring (bicyclic) bond motifs is 1. The fourth-order valence-corrected chi connectivity index (χ4v) is 2.75. The zero-order chi connectivity index (χ0) is 14.1. The number of rotatable bonds is 3. The Kier molecular flexibility index (Phi) is 5.64. The van der Waals surface area contributed by atoms with E-state index in [1.165, 1.54) is 0 Å². The Morgan fingerprint density at radius 2 is 1.70 bits per heavy atom. The molecule has 1 aliphatic heterocycles. The molecular weight excluding hydrogens is 331 g/mol. The minimum atomic E-state index is 0. The van der Waals surface area contributed by atoms with Crippen molar-refractivity contribution in [1.29, 1.82) is 0 Å². The van der Waals surface area contributed by atoms with Gasteiger partial charge < -0.3 is 9.88 Å². The molecule has 6 heteroatoms. The molecule has 4 nitrogen and oxygen atoms in total. The first-order valence-electron chi connectivity index (χ1n) is 7.20. The van der Waals surface area contributed by atoms with Crippen molar-refractivity contribution in [3.8, 4) is 11.4 Å². The van der Waals surface area contributed by atoms with E-state index in [0.29, 0.717) is 0 Å². The topological polar surface area (TPSA) is 42.2 Å². The number of aromatic nitrogens is 2. The number of aliphatic imine (C=N–C) groups is 1. The smallest absolute Gasteiger partial charge is 0.141 e. The van der Waals surface area contributed by atoms with Crippen molar-refractivity contribution in [3.05, 3.63) is 54.6 Å². The molecule has 0 amide bonds. The van der Waals surface area contributed by atoms with E-state index < -0.39 is 0 Å². The van der Waals surface area contributed by atoms with Crippen LogP contribution in [0.1, 0.15) is 0 Å². The number of benzene rings is 2. The Balaban J connectivity index is 0.000000960. The van der Waals surface area contributed by atoms with Crippen molar-refractivity contribution < 1.29 is 0 Å².